The number of rotatable bonds is 37. The zero-order chi connectivity index (χ0) is 64.3. The Bertz CT molecular complexity index is 2630. The van der Waals surface area contributed by atoms with E-state index in [4.69, 9.17) is 5.73 Å². The van der Waals surface area contributed by atoms with Crippen molar-refractivity contribution in [3.8, 4) is 0 Å². The van der Waals surface area contributed by atoms with Crippen molar-refractivity contribution >= 4 is 72.0 Å². The molecular formula is C62H94N12O13. The summed E-state index contributed by atoms with van der Waals surface area (Å²) in [5.74, 6) is -8.28. The number of nitrogens with one attached hydrogen (secondary N) is 9. The standard InChI is InChI=1S/C62H94N12O13/c1-37(2)31-46(69-53(77)43(23-15-27-64-35-75)66-58(82)51(63)39(5)6)60(84)73-29-17-25-49(73)56(80)68-45(33-41-19-11-9-12-20-41)55(79)72-52(40(7)8)59(83)67-44(24-16-28-65-36-76)54(78)70-47(32-38(3)4)61(85)74-30-18-26-50(74)57(81)71-48(62(86)87)34-42-21-13-10-14-22-42/h9-14,19-22,35-40,43-52H,15-18,23-34,63H2,1-8H3,(H,64,75)(H,65,76)(H,66,82)(H,67,83)(H,68,80)(H,69,77)(H,70,78)(H,71,81)(H,72,79)(H,86,87)/t43-,44-,45-,46-,47-,48-,49+,50+,51-,52-/m0/s1. The lowest BCUT2D eigenvalue weighted by molar-refractivity contribution is -0.145. The summed E-state index contributed by atoms with van der Waals surface area (Å²) in [6, 6.07) is 5.98. The second-order valence-electron chi connectivity index (χ2n) is 24.2. The number of aliphatic carboxylic acids is 1. The van der Waals surface area contributed by atoms with Crippen LogP contribution in [0.1, 0.15) is 131 Å². The molecule has 10 atom stereocenters. The Morgan fingerprint density at radius 3 is 1.29 bits per heavy atom. The van der Waals surface area contributed by atoms with Crippen LogP contribution < -0.4 is 53.6 Å². The highest BCUT2D eigenvalue weighted by Crippen LogP contribution is 2.24. The smallest absolute Gasteiger partial charge is 0.326 e. The lowest BCUT2D eigenvalue weighted by atomic mass is 9.99. The Kier molecular flexibility index (Phi) is 29.8. The van der Waals surface area contributed by atoms with Gasteiger partial charge in [-0.05, 0) is 99.0 Å². The second-order valence-corrected chi connectivity index (χ2v) is 24.2. The fourth-order valence-corrected chi connectivity index (χ4v) is 10.7. The zero-order valence-corrected chi connectivity index (χ0v) is 51.6. The minimum absolute atomic E-state index is 0.0110. The number of carboxylic acid groups (broad SMARTS) is 1. The molecule has 0 spiro atoms. The van der Waals surface area contributed by atoms with Gasteiger partial charge in [0.2, 0.25) is 66.0 Å². The molecule has 0 bridgehead atoms. The Morgan fingerprint density at radius 1 is 0.506 bits per heavy atom. The molecule has 0 radical (unpaired) electrons. The van der Waals surface area contributed by atoms with Gasteiger partial charge in [-0.25, -0.2) is 4.79 Å². The Balaban J connectivity index is 1.56. The number of likely N-dealkylation sites (tertiary alicyclic amines) is 2. The van der Waals surface area contributed by atoms with E-state index in [-0.39, 0.29) is 102 Å². The molecule has 12 N–H and O–H groups in total. The van der Waals surface area contributed by atoms with Crippen molar-refractivity contribution in [1.82, 2.24) is 57.7 Å². The molecule has 87 heavy (non-hydrogen) atoms. The minimum atomic E-state index is -1.31. The SMILES string of the molecule is CC(C)C[C@H](NC(=O)[C@H](CCCNC=O)NC(=O)[C@@H](NC(=O)[C@H](Cc1ccccc1)NC(=O)[C@H]1CCCN1C(=O)[C@H](CC(C)C)NC(=O)[C@H](CCCNC=O)NC(=O)[C@@H](N)C(C)C)C(C)C)C(=O)N1CCC[C@@H]1C(=O)N[C@@H](Cc1ccccc1)C(=O)O. The van der Waals surface area contributed by atoms with Crippen LogP contribution in [0, 0.1) is 23.7 Å². The van der Waals surface area contributed by atoms with Gasteiger partial charge in [0.05, 0.1) is 6.04 Å². The van der Waals surface area contributed by atoms with E-state index in [0.717, 1.165) is 0 Å². The Labute approximate surface area is 510 Å². The molecule has 2 heterocycles. The molecule has 0 aliphatic carbocycles. The first-order valence-corrected chi connectivity index (χ1v) is 30.5. The summed E-state index contributed by atoms with van der Waals surface area (Å²) in [7, 11) is 0. The lowest BCUT2D eigenvalue weighted by Gasteiger charge is -2.32. The van der Waals surface area contributed by atoms with Crippen molar-refractivity contribution in [1.29, 1.82) is 0 Å². The third kappa shape index (κ3) is 23.0. The van der Waals surface area contributed by atoms with Crippen LogP contribution in [-0.4, -0.2) is 173 Å². The predicted molar refractivity (Wildman–Crippen MR) is 324 cm³/mol. The van der Waals surface area contributed by atoms with Gasteiger partial charge in [0.25, 0.3) is 0 Å². The zero-order valence-electron chi connectivity index (χ0n) is 51.6. The van der Waals surface area contributed by atoms with E-state index in [9.17, 15) is 62.6 Å². The molecule has 2 aromatic rings. The maximum Gasteiger partial charge on any atom is 0.326 e. The molecule has 4 rings (SSSR count). The number of carboxylic acids is 1. The maximum absolute atomic E-state index is 14.7. The van der Waals surface area contributed by atoms with Crippen molar-refractivity contribution in [3.63, 3.8) is 0 Å². The van der Waals surface area contributed by atoms with Gasteiger partial charge in [-0.2, -0.15) is 0 Å². The summed E-state index contributed by atoms with van der Waals surface area (Å²) >= 11 is 0. The lowest BCUT2D eigenvalue weighted by Crippen LogP contribution is -2.61. The van der Waals surface area contributed by atoms with Crippen LogP contribution in [0.3, 0.4) is 0 Å². The number of amides is 11. The fraction of sp³-hybridized carbons (Fsp3) is 0.613. The molecule has 2 aliphatic rings. The number of carbonyl (C=O) groups excluding carboxylic acids is 11. The molecule has 0 unspecified atom stereocenters. The van der Waals surface area contributed by atoms with Crippen LogP contribution in [0.2, 0.25) is 0 Å². The first-order valence-electron chi connectivity index (χ1n) is 30.5. The van der Waals surface area contributed by atoms with Gasteiger partial charge in [-0.15, -0.1) is 0 Å². The number of nitrogens with zero attached hydrogens (tertiary/aromatic N) is 2. The number of carbonyl (C=O) groups is 12. The molecule has 2 fully saturated rings. The van der Waals surface area contributed by atoms with E-state index in [1.807, 2.05) is 27.7 Å². The van der Waals surface area contributed by atoms with E-state index in [1.54, 1.807) is 88.4 Å². The van der Waals surface area contributed by atoms with Crippen LogP contribution in [0.25, 0.3) is 0 Å². The maximum atomic E-state index is 14.7. The van der Waals surface area contributed by atoms with Gasteiger partial charge in [0.1, 0.15) is 54.4 Å². The summed E-state index contributed by atoms with van der Waals surface area (Å²) in [6.45, 7) is 15.0. The van der Waals surface area contributed by atoms with Gasteiger partial charge in [-0.1, -0.05) is 116 Å². The molecule has 480 valence electrons. The highest BCUT2D eigenvalue weighted by Gasteiger charge is 2.43. The highest BCUT2D eigenvalue weighted by atomic mass is 16.4. The van der Waals surface area contributed by atoms with Gasteiger partial charge < -0.3 is 68.5 Å². The van der Waals surface area contributed by atoms with Crippen molar-refractivity contribution in [2.45, 2.75) is 193 Å². The van der Waals surface area contributed by atoms with E-state index < -0.39 is 125 Å². The van der Waals surface area contributed by atoms with Crippen molar-refractivity contribution in [2.24, 2.45) is 29.4 Å². The minimum Gasteiger partial charge on any atom is -0.480 e. The monoisotopic (exact) mass is 1210 g/mol. The van der Waals surface area contributed by atoms with E-state index in [0.29, 0.717) is 43.2 Å². The molecule has 2 aromatic carbocycles. The number of benzene rings is 2. The van der Waals surface area contributed by atoms with Crippen LogP contribution >= 0.6 is 0 Å². The summed E-state index contributed by atoms with van der Waals surface area (Å²) in [5, 5.41) is 34.5. The van der Waals surface area contributed by atoms with Crippen molar-refractivity contribution in [3.05, 3.63) is 71.8 Å². The molecule has 0 aromatic heterocycles. The van der Waals surface area contributed by atoms with E-state index in [1.165, 1.54) is 9.80 Å². The summed E-state index contributed by atoms with van der Waals surface area (Å²) < 4.78 is 0. The van der Waals surface area contributed by atoms with Crippen LogP contribution in [-0.2, 0) is 70.4 Å². The summed E-state index contributed by atoms with van der Waals surface area (Å²) in [6.07, 6.45) is 3.21. The number of nitrogens with two attached hydrogens (primary N) is 1. The molecule has 11 amide bonds. The average Bonchev–Trinajstić information content (AvgIpc) is 2.88. The second kappa shape index (κ2) is 36.2. The predicted octanol–water partition coefficient (Wildman–Crippen LogP) is 0.716. The quantitative estimate of drug-likeness (QED) is 0.0328. The third-order valence-corrected chi connectivity index (χ3v) is 15.5. The van der Waals surface area contributed by atoms with E-state index >= 15 is 0 Å². The molecule has 2 aliphatic heterocycles. The van der Waals surface area contributed by atoms with Gasteiger partial charge in [0, 0.05) is 39.0 Å². The average molecular weight is 1220 g/mol. The third-order valence-electron chi connectivity index (χ3n) is 15.5. The van der Waals surface area contributed by atoms with Crippen LogP contribution in [0.5, 0.6) is 0 Å². The molecule has 2 saturated heterocycles. The van der Waals surface area contributed by atoms with Gasteiger partial charge in [0.15, 0.2) is 0 Å². The molecular weight excluding hydrogens is 1120 g/mol. The summed E-state index contributed by atoms with van der Waals surface area (Å²) in [5.41, 5.74) is 7.45. The Morgan fingerprint density at radius 2 is 0.897 bits per heavy atom. The van der Waals surface area contributed by atoms with Crippen molar-refractivity contribution < 1.29 is 62.6 Å². The van der Waals surface area contributed by atoms with Gasteiger partial charge >= 0.3 is 5.97 Å². The van der Waals surface area contributed by atoms with Crippen molar-refractivity contribution in [2.75, 3.05) is 26.2 Å². The first kappa shape index (κ1) is 71.5. The summed E-state index contributed by atoms with van der Waals surface area (Å²) in [4.78, 5) is 165. The first-order chi connectivity index (χ1) is 41.4. The highest BCUT2D eigenvalue weighted by molar-refractivity contribution is 5.99. The normalized spacial score (nSPS) is 17.6. The van der Waals surface area contributed by atoms with Gasteiger partial charge in [-0.3, -0.25) is 52.7 Å². The molecule has 25 heteroatoms. The number of hydrogen-bond donors (Lipinski definition) is 11. The van der Waals surface area contributed by atoms with E-state index in [2.05, 4.69) is 47.9 Å². The fourth-order valence-electron chi connectivity index (χ4n) is 10.7. The Hall–Kier alpha value is -7.96. The molecule has 0 saturated carbocycles. The van der Waals surface area contributed by atoms with Crippen LogP contribution in [0.4, 0.5) is 0 Å². The topological polar surface area (TPSA) is 366 Å². The largest absolute Gasteiger partial charge is 0.480 e. The number of hydrogen-bond acceptors (Lipinski definition) is 13. The van der Waals surface area contributed by atoms with Crippen LogP contribution in [0.15, 0.2) is 60.7 Å². The molecule has 25 nitrogen and oxygen atoms in total.